The molecular weight excluding hydrogens is 358 g/mol. The molecule has 0 radical (unpaired) electrons. The highest BCUT2D eigenvalue weighted by atomic mass is 32.2. The van der Waals surface area contributed by atoms with E-state index in [0.717, 1.165) is 11.4 Å². The van der Waals surface area contributed by atoms with Gasteiger partial charge in [0.05, 0.1) is 16.5 Å². The highest BCUT2D eigenvalue weighted by Gasteiger charge is 2.43. The van der Waals surface area contributed by atoms with Crippen molar-refractivity contribution in [2.75, 3.05) is 5.32 Å². The Balaban J connectivity index is 2.09. The largest absolute Gasteiger partial charge is 0.369 e. The Hall–Kier alpha value is -2.44. The second-order valence-electron chi connectivity index (χ2n) is 7.53. The number of aromatic nitrogens is 1. The first kappa shape index (κ1) is 19.3. The topological polar surface area (TPSA) is 71.1 Å². The summed E-state index contributed by atoms with van der Waals surface area (Å²) in [5.41, 5.74) is 0.759. The van der Waals surface area contributed by atoms with E-state index < -0.39 is 26.4 Å². The number of hydrogen-bond acceptors (Lipinski definition) is 4. The van der Waals surface area contributed by atoms with Crippen LogP contribution in [0, 0.1) is 0 Å². The standard InChI is InChI=1S/C21H25N3O2S/c1-20(2,3)27(25,26)24-19-14-7-9-15-21(19,18-13-8-10-16-22-18)23-17-11-5-4-6-12-17/h4-16,19,23-24H,1-3H3. The van der Waals surface area contributed by atoms with Crippen molar-refractivity contribution in [2.45, 2.75) is 37.1 Å². The summed E-state index contributed by atoms with van der Waals surface area (Å²) in [6.07, 6.45) is 9.29. The van der Waals surface area contributed by atoms with Crippen molar-refractivity contribution < 1.29 is 8.42 Å². The van der Waals surface area contributed by atoms with Crippen molar-refractivity contribution in [2.24, 2.45) is 0 Å². The molecular formula is C21H25N3O2S. The average Bonchev–Trinajstić information content (AvgIpc) is 2.64. The zero-order chi connectivity index (χ0) is 19.5. The van der Waals surface area contributed by atoms with E-state index >= 15 is 0 Å². The number of anilines is 1. The number of allylic oxidation sites excluding steroid dienone is 2. The number of hydrogen-bond donors (Lipinski definition) is 2. The Morgan fingerprint density at radius 1 is 1.00 bits per heavy atom. The van der Waals surface area contributed by atoms with Gasteiger partial charge in [0.1, 0.15) is 5.54 Å². The summed E-state index contributed by atoms with van der Waals surface area (Å²) in [6, 6.07) is 14.8. The van der Waals surface area contributed by atoms with Crippen LogP contribution in [0.1, 0.15) is 26.5 Å². The first-order valence-corrected chi connectivity index (χ1v) is 10.4. The summed E-state index contributed by atoms with van der Waals surface area (Å²) in [6.45, 7) is 5.06. The fraction of sp³-hybridized carbons (Fsp3) is 0.286. The molecule has 27 heavy (non-hydrogen) atoms. The van der Waals surface area contributed by atoms with Gasteiger partial charge in [-0.25, -0.2) is 13.1 Å². The minimum atomic E-state index is -3.57. The van der Waals surface area contributed by atoms with Gasteiger partial charge in [-0.2, -0.15) is 0 Å². The Morgan fingerprint density at radius 3 is 2.33 bits per heavy atom. The highest BCUT2D eigenvalue weighted by Crippen LogP contribution is 2.34. The van der Waals surface area contributed by atoms with Crippen LogP contribution in [0.25, 0.3) is 0 Å². The molecule has 1 aliphatic rings. The Morgan fingerprint density at radius 2 is 1.70 bits per heavy atom. The summed E-state index contributed by atoms with van der Waals surface area (Å²) < 4.78 is 27.7. The molecule has 0 bridgehead atoms. The fourth-order valence-electron chi connectivity index (χ4n) is 2.91. The van der Waals surface area contributed by atoms with Crippen LogP contribution in [0.2, 0.25) is 0 Å². The molecule has 142 valence electrons. The molecule has 1 heterocycles. The summed E-state index contributed by atoms with van der Waals surface area (Å²) in [5, 5.41) is 3.51. The SMILES string of the molecule is CC(C)(C)S(=O)(=O)NC1C=CC=CC1(Nc1ccccc1)c1ccccn1. The normalized spacial score (nSPS) is 22.6. The van der Waals surface area contributed by atoms with Crippen molar-refractivity contribution in [1.82, 2.24) is 9.71 Å². The highest BCUT2D eigenvalue weighted by molar-refractivity contribution is 7.90. The van der Waals surface area contributed by atoms with Gasteiger partial charge in [0, 0.05) is 11.9 Å². The minimum absolute atomic E-state index is 0.540. The molecule has 0 amide bonds. The van der Waals surface area contributed by atoms with Crippen LogP contribution < -0.4 is 10.0 Å². The van der Waals surface area contributed by atoms with Gasteiger partial charge in [-0.15, -0.1) is 0 Å². The van der Waals surface area contributed by atoms with E-state index in [2.05, 4.69) is 15.0 Å². The van der Waals surface area contributed by atoms with Crippen LogP contribution in [0.4, 0.5) is 5.69 Å². The molecule has 2 N–H and O–H groups in total. The predicted molar refractivity (Wildman–Crippen MR) is 110 cm³/mol. The predicted octanol–water partition coefficient (Wildman–Crippen LogP) is 3.60. The smallest absolute Gasteiger partial charge is 0.217 e. The zero-order valence-corrected chi connectivity index (χ0v) is 16.6. The van der Waals surface area contributed by atoms with Crippen LogP contribution in [0.5, 0.6) is 0 Å². The van der Waals surface area contributed by atoms with Gasteiger partial charge < -0.3 is 5.32 Å². The molecule has 0 spiro atoms. The van der Waals surface area contributed by atoms with E-state index in [1.54, 1.807) is 27.0 Å². The van der Waals surface area contributed by atoms with Crippen LogP contribution in [0.15, 0.2) is 79.0 Å². The van der Waals surface area contributed by atoms with Crippen molar-refractivity contribution in [1.29, 1.82) is 0 Å². The van der Waals surface area contributed by atoms with Gasteiger partial charge in [-0.1, -0.05) is 48.6 Å². The number of nitrogens with zero attached hydrogens (tertiary/aromatic N) is 1. The van der Waals surface area contributed by atoms with E-state index in [1.807, 2.05) is 72.8 Å². The van der Waals surface area contributed by atoms with Crippen LogP contribution >= 0.6 is 0 Å². The Labute approximate surface area is 161 Å². The van der Waals surface area contributed by atoms with E-state index in [4.69, 9.17) is 0 Å². The number of sulfonamides is 1. The third-order valence-corrected chi connectivity index (χ3v) is 6.74. The average molecular weight is 384 g/mol. The molecule has 1 aliphatic carbocycles. The molecule has 1 aromatic heterocycles. The molecule has 2 atom stereocenters. The third-order valence-electron chi connectivity index (χ3n) is 4.57. The van der Waals surface area contributed by atoms with Gasteiger partial charge in [-0.05, 0) is 45.0 Å². The van der Waals surface area contributed by atoms with Crippen molar-refractivity contribution in [3.8, 4) is 0 Å². The van der Waals surface area contributed by atoms with Crippen molar-refractivity contribution in [3.63, 3.8) is 0 Å². The summed E-state index contributed by atoms with van der Waals surface area (Å²) in [4.78, 5) is 4.53. The van der Waals surface area contributed by atoms with E-state index in [1.165, 1.54) is 0 Å². The molecule has 2 aromatic rings. The lowest BCUT2D eigenvalue weighted by molar-refractivity contribution is 0.465. The number of para-hydroxylation sites is 1. The molecule has 3 rings (SSSR count). The monoisotopic (exact) mass is 383 g/mol. The van der Waals surface area contributed by atoms with Gasteiger partial charge >= 0.3 is 0 Å². The molecule has 0 fully saturated rings. The van der Waals surface area contributed by atoms with E-state index in [-0.39, 0.29) is 0 Å². The molecule has 2 unspecified atom stereocenters. The summed E-state index contributed by atoms with van der Waals surface area (Å²) in [7, 11) is -3.57. The molecule has 1 aromatic carbocycles. The maximum absolute atomic E-state index is 12.9. The fourth-order valence-corrected chi connectivity index (χ4v) is 3.86. The minimum Gasteiger partial charge on any atom is -0.369 e. The van der Waals surface area contributed by atoms with Gasteiger partial charge in [0.25, 0.3) is 0 Å². The van der Waals surface area contributed by atoms with Crippen molar-refractivity contribution >= 4 is 15.7 Å². The number of nitrogens with one attached hydrogen (secondary N) is 2. The summed E-state index contributed by atoms with van der Waals surface area (Å²) >= 11 is 0. The first-order chi connectivity index (χ1) is 12.7. The number of pyridine rings is 1. The maximum atomic E-state index is 12.9. The van der Waals surface area contributed by atoms with Gasteiger partial charge in [0.2, 0.25) is 10.0 Å². The second-order valence-corrected chi connectivity index (χ2v) is 10.00. The number of rotatable bonds is 5. The lowest BCUT2D eigenvalue weighted by atomic mass is 9.83. The van der Waals surface area contributed by atoms with Crippen LogP contribution in [-0.2, 0) is 15.6 Å². The van der Waals surface area contributed by atoms with Gasteiger partial charge in [0.15, 0.2) is 0 Å². The van der Waals surface area contributed by atoms with Crippen LogP contribution in [-0.4, -0.2) is 24.2 Å². The maximum Gasteiger partial charge on any atom is 0.217 e. The first-order valence-electron chi connectivity index (χ1n) is 8.87. The summed E-state index contributed by atoms with van der Waals surface area (Å²) in [5.74, 6) is 0. The lowest BCUT2D eigenvalue weighted by Crippen LogP contribution is -2.56. The molecule has 6 heteroatoms. The number of benzene rings is 1. The van der Waals surface area contributed by atoms with E-state index in [0.29, 0.717) is 0 Å². The molecule has 0 saturated heterocycles. The van der Waals surface area contributed by atoms with Gasteiger partial charge in [-0.3, -0.25) is 4.98 Å². The zero-order valence-electron chi connectivity index (χ0n) is 15.8. The molecule has 0 aliphatic heterocycles. The third kappa shape index (κ3) is 3.96. The Bertz CT molecular complexity index is 932. The van der Waals surface area contributed by atoms with Crippen LogP contribution in [0.3, 0.4) is 0 Å². The molecule has 5 nitrogen and oxygen atoms in total. The quantitative estimate of drug-likeness (QED) is 0.828. The second kappa shape index (κ2) is 7.29. The lowest BCUT2D eigenvalue weighted by Gasteiger charge is -2.40. The Kier molecular flexibility index (Phi) is 5.22. The van der Waals surface area contributed by atoms with Crippen molar-refractivity contribution in [3.05, 3.63) is 84.7 Å². The van der Waals surface area contributed by atoms with E-state index in [9.17, 15) is 8.42 Å². The molecule has 0 saturated carbocycles.